The minimum absolute atomic E-state index is 0.0390. The minimum Gasteiger partial charge on any atom is -0.374 e. The normalized spacial score (nSPS) is 24.2. The molecule has 1 aliphatic rings. The highest BCUT2D eigenvalue weighted by Gasteiger charge is 2.36. The minimum atomic E-state index is -3.52. The Morgan fingerprint density at radius 1 is 1.19 bits per heavy atom. The van der Waals surface area contributed by atoms with Crippen molar-refractivity contribution < 1.29 is 13.2 Å². The zero-order valence-corrected chi connectivity index (χ0v) is 17.7. The van der Waals surface area contributed by atoms with E-state index in [0.29, 0.717) is 18.0 Å². The van der Waals surface area contributed by atoms with Crippen LogP contribution in [0.4, 0.5) is 0 Å². The number of allylic oxidation sites excluding steroid dienone is 2. The van der Waals surface area contributed by atoms with E-state index in [1.165, 1.54) is 5.57 Å². The van der Waals surface area contributed by atoms with Crippen LogP contribution in [0.2, 0.25) is 0 Å². The third-order valence-electron chi connectivity index (χ3n) is 4.99. The van der Waals surface area contributed by atoms with E-state index in [4.69, 9.17) is 4.74 Å². The van der Waals surface area contributed by atoms with Crippen molar-refractivity contribution in [2.24, 2.45) is 10.8 Å². The van der Waals surface area contributed by atoms with Crippen molar-refractivity contribution in [2.75, 3.05) is 13.2 Å². The molecule has 1 N–H and O–H groups in total. The predicted molar refractivity (Wildman–Crippen MR) is 107 cm³/mol. The second-order valence-electron chi connectivity index (χ2n) is 8.63. The molecule has 0 aliphatic heterocycles. The second kappa shape index (κ2) is 7.83. The van der Waals surface area contributed by atoms with Gasteiger partial charge in [0.1, 0.15) is 0 Å². The van der Waals surface area contributed by atoms with Crippen molar-refractivity contribution in [3.8, 4) is 0 Å². The number of hydrogen-bond donors (Lipinski definition) is 1. The molecule has 146 valence electrons. The third kappa shape index (κ3) is 5.41. The molecule has 1 aliphatic carbocycles. The molecule has 0 bridgehead atoms. The van der Waals surface area contributed by atoms with E-state index < -0.39 is 10.0 Å². The number of ether oxygens (including phenoxy) is 1. The standard InChI is InChI=1S/C21H33NO3S/c1-7-25-17(3)18-8-10-19(11-9-18)26(23,24)22-15-21(6)13-16(2)12-20(4,5)14-21/h8-12,17,22H,7,13-15H2,1-6H3. The molecule has 2 atom stereocenters. The molecule has 0 heterocycles. The molecule has 2 rings (SSSR count). The Kier molecular flexibility index (Phi) is 6.36. The quantitative estimate of drug-likeness (QED) is 0.690. The second-order valence-corrected chi connectivity index (χ2v) is 10.4. The molecule has 0 radical (unpaired) electrons. The molecule has 2 unspecified atom stereocenters. The first-order valence-corrected chi connectivity index (χ1v) is 10.8. The van der Waals surface area contributed by atoms with Gasteiger partial charge in [0.2, 0.25) is 10.0 Å². The lowest BCUT2D eigenvalue weighted by molar-refractivity contribution is 0.0763. The summed E-state index contributed by atoms with van der Waals surface area (Å²) < 4.78 is 33.8. The van der Waals surface area contributed by atoms with E-state index in [2.05, 4.69) is 38.5 Å². The molecule has 0 saturated heterocycles. The van der Waals surface area contributed by atoms with Crippen LogP contribution < -0.4 is 4.72 Å². The van der Waals surface area contributed by atoms with Crippen LogP contribution in [0.1, 0.15) is 66.1 Å². The lowest BCUT2D eigenvalue weighted by atomic mass is 9.66. The van der Waals surface area contributed by atoms with E-state index in [0.717, 1.165) is 18.4 Å². The fraction of sp³-hybridized carbons (Fsp3) is 0.619. The number of nitrogens with one attached hydrogen (secondary N) is 1. The highest BCUT2D eigenvalue weighted by atomic mass is 32.2. The molecule has 26 heavy (non-hydrogen) atoms. The highest BCUT2D eigenvalue weighted by molar-refractivity contribution is 7.89. The average Bonchev–Trinajstić information content (AvgIpc) is 2.51. The van der Waals surface area contributed by atoms with E-state index in [9.17, 15) is 8.42 Å². The van der Waals surface area contributed by atoms with Crippen LogP contribution in [-0.4, -0.2) is 21.6 Å². The van der Waals surface area contributed by atoms with Gasteiger partial charge in [0.05, 0.1) is 11.0 Å². The van der Waals surface area contributed by atoms with Crippen molar-refractivity contribution in [2.45, 2.75) is 65.4 Å². The van der Waals surface area contributed by atoms with Gasteiger partial charge in [-0.15, -0.1) is 0 Å². The van der Waals surface area contributed by atoms with Gasteiger partial charge in [-0.25, -0.2) is 13.1 Å². The monoisotopic (exact) mass is 379 g/mol. The van der Waals surface area contributed by atoms with Crippen LogP contribution in [0.5, 0.6) is 0 Å². The summed E-state index contributed by atoms with van der Waals surface area (Å²) in [6, 6.07) is 6.97. The van der Waals surface area contributed by atoms with Crippen molar-refractivity contribution in [1.29, 1.82) is 0 Å². The lowest BCUT2D eigenvalue weighted by Gasteiger charge is -2.41. The van der Waals surface area contributed by atoms with Gasteiger partial charge in [0.25, 0.3) is 0 Å². The molecule has 0 amide bonds. The van der Waals surface area contributed by atoms with Crippen LogP contribution in [0.25, 0.3) is 0 Å². The molecule has 0 saturated carbocycles. The first kappa shape index (κ1) is 21.1. The highest BCUT2D eigenvalue weighted by Crippen LogP contribution is 2.44. The summed E-state index contributed by atoms with van der Waals surface area (Å²) >= 11 is 0. The Morgan fingerprint density at radius 2 is 1.81 bits per heavy atom. The van der Waals surface area contributed by atoms with Crippen LogP contribution in [0, 0.1) is 10.8 Å². The van der Waals surface area contributed by atoms with E-state index in [1.54, 1.807) is 12.1 Å². The largest absolute Gasteiger partial charge is 0.374 e. The number of benzene rings is 1. The van der Waals surface area contributed by atoms with E-state index in [-0.39, 0.29) is 16.9 Å². The topological polar surface area (TPSA) is 55.4 Å². The van der Waals surface area contributed by atoms with E-state index in [1.807, 2.05) is 26.0 Å². The third-order valence-corrected chi connectivity index (χ3v) is 6.41. The van der Waals surface area contributed by atoms with Gasteiger partial charge in [-0.2, -0.15) is 0 Å². The summed E-state index contributed by atoms with van der Waals surface area (Å²) in [7, 11) is -3.52. The van der Waals surface area contributed by atoms with Crippen LogP contribution >= 0.6 is 0 Å². The summed E-state index contributed by atoms with van der Waals surface area (Å²) in [5.41, 5.74) is 2.34. The lowest BCUT2D eigenvalue weighted by Crippen LogP contribution is -2.40. The Balaban J connectivity index is 2.08. The smallest absolute Gasteiger partial charge is 0.240 e. The number of hydrogen-bond acceptors (Lipinski definition) is 3. The predicted octanol–water partition coefficient (Wildman–Crippen LogP) is 4.84. The molecule has 0 aromatic heterocycles. The Bertz CT molecular complexity index is 750. The van der Waals surface area contributed by atoms with E-state index >= 15 is 0 Å². The van der Waals surface area contributed by atoms with Crippen molar-refractivity contribution >= 4 is 10.0 Å². The van der Waals surface area contributed by atoms with Crippen molar-refractivity contribution in [1.82, 2.24) is 4.72 Å². The first-order chi connectivity index (χ1) is 12.0. The van der Waals surface area contributed by atoms with Gasteiger partial charge in [-0.1, -0.05) is 44.6 Å². The maximum absolute atomic E-state index is 12.7. The number of rotatable bonds is 7. The molecule has 0 fully saturated rings. The Labute approximate surface area is 159 Å². The molecular formula is C21H33NO3S. The van der Waals surface area contributed by atoms with Crippen LogP contribution in [-0.2, 0) is 14.8 Å². The first-order valence-electron chi connectivity index (χ1n) is 9.36. The zero-order chi connectivity index (χ0) is 19.6. The van der Waals surface area contributed by atoms with Gasteiger partial charge in [-0.3, -0.25) is 0 Å². The molecule has 5 heteroatoms. The Hall–Kier alpha value is -1.17. The fourth-order valence-electron chi connectivity index (χ4n) is 4.35. The molecule has 1 aromatic rings. The molecule has 1 aromatic carbocycles. The zero-order valence-electron chi connectivity index (χ0n) is 16.9. The molecule has 4 nitrogen and oxygen atoms in total. The molecular weight excluding hydrogens is 346 g/mol. The van der Waals surface area contributed by atoms with Gasteiger partial charge in [-0.05, 0) is 62.1 Å². The van der Waals surface area contributed by atoms with Crippen LogP contribution in [0.3, 0.4) is 0 Å². The van der Waals surface area contributed by atoms with Crippen molar-refractivity contribution in [3.63, 3.8) is 0 Å². The maximum Gasteiger partial charge on any atom is 0.240 e. The SMILES string of the molecule is CCOC(C)c1ccc(S(=O)(=O)NCC2(C)CC(C)=CC(C)(C)C2)cc1. The van der Waals surface area contributed by atoms with Gasteiger partial charge in [0.15, 0.2) is 0 Å². The van der Waals surface area contributed by atoms with Gasteiger partial charge < -0.3 is 4.74 Å². The van der Waals surface area contributed by atoms with Gasteiger partial charge >= 0.3 is 0 Å². The number of sulfonamides is 1. The van der Waals surface area contributed by atoms with Gasteiger partial charge in [0, 0.05) is 13.2 Å². The molecule has 0 spiro atoms. The summed E-state index contributed by atoms with van der Waals surface area (Å²) in [6.07, 6.45) is 4.15. The van der Waals surface area contributed by atoms with Crippen LogP contribution in [0.15, 0.2) is 40.8 Å². The average molecular weight is 380 g/mol. The summed E-state index contributed by atoms with van der Waals surface area (Å²) in [5.74, 6) is 0. The Morgan fingerprint density at radius 3 is 2.35 bits per heavy atom. The fourth-order valence-corrected chi connectivity index (χ4v) is 5.55. The summed E-state index contributed by atoms with van der Waals surface area (Å²) in [4.78, 5) is 0.302. The summed E-state index contributed by atoms with van der Waals surface area (Å²) in [5, 5.41) is 0. The maximum atomic E-state index is 12.7. The summed E-state index contributed by atoms with van der Waals surface area (Å²) in [6.45, 7) is 13.7. The van der Waals surface area contributed by atoms with Crippen molar-refractivity contribution in [3.05, 3.63) is 41.5 Å².